The first-order valence-electron chi connectivity index (χ1n) is 5.56. The fraction of sp³-hybridized carbons (Fsp3) is 0.909. The molecule has 3 nitrogen and oxygen atoms in total. The van der Waals surface area contributed by atoms with Gasteiger partial charge in [0.1, 0.15) is 6.04 Å². The lowest BCUT2D eigenvalue weighted by Crippen LogP contribution is -2.49. The van der Waals surface area contributed by atoms with Gasteiger partial charge in [0.2, 0.25) is 0 Å². The van der Waals surface area contributed by atoms with E-state index in [0.29, 0.717) is 0 Å². The van der Waals surface area contributed by atoms with E-state index < -0.39 is 5.97 Å². The zero-order valence-electron chi connectivity index (χ0n) is 9.18. The second-order valence-electron chi connectivity index (χ2n) is 4.54. The van der Waals surface area contributed by atoms with Crippen molar-refractivity contribution in [2.24, 2.45) is 5.41 Å². The predicted molar refractivity (Wildman–Crippen MR) is 56.3 cm³/mol. The van der Waals surface area contributed by atoms with Gasteiger partial charge in [0, 0.05) is 0 Å². The third kappa shape index (κ3) is 2.47. The molecule has 0 amide bonds. The van der Waals surface area contributed by atoms with Crippen LogP contribution in [-0.2, 0) is 4.79 Å². The molecule has 82 valence electrons. The van der Waals surface area contributed by atoms with Crippen LogP contribution < -0.4 is 5.32 Å². The monoisotopic (exact) mass is 199 g/mol. The molecule has 0 aromatic carbocycles. The number of carbonyl (C=O) groups is 1. The van der Waals surface area contributed by atoms with Crippen molar-refractivity contribution in [2.75, 3.05) is 6.54 Å². The SMILES string of the molecule is CCN[C@H](C(=O)O)C1(C)CCCCC1. The summed E-state index contributed by atoms with van der Waals surface area (Å²) in [6.07, 6.45) is 5.68. The smallest absolute Gasteiger partial charge is 0.321 e. The topological polar surface area (TPSA) is 49.3 Å². The number of likely N-dealkylation sites (N-methyl/N-ethyl adjacent to an activating group) is 1. The first-order chi connectivity index (χ1) is 6.60. The lowest BCUT2D eigenvalue weighted by Gasteiger charge is -2.38. The van der Waals surface area contributed by atoms with Crippen LogP contribution in [0.5, 0.6) is 0 Å². The highest BCUT2D eigenvalue weighted by molar-refractivity contribution is 5.74. The molecule has 14 heavy (non-hydrogen) atoms. The van der Waals surface area contributed by atoms with Crippen LogP contribution in [0.2, 0.25) is 0 Å². The van der Waals surface area contributed by atoms with Crippen molar-refractivity contribution < 1.29 is 9.90 Å². The highest BCUT2D eigenvalue weighted by atomic mass is 16.4. The molecular formula is C11H21NO2. The molecule has 0 bridgehead atoms. The average Bonchev–Trinajstić information content (AvgIpc) is 2.14. The third-order valence-electron chi connectivity index (χ3n) is 3.35. The molecule has 0 radical (unpaired) electrons. The van der Waals surface area contributed by atoms with Crippen molar-refractivity contribution in [1.82, 2.24) is 5.32 Å². The van der Waals surface area contributed by atoms with Crippen molar-refractivity contribution in [3.05, 3.63) is 0 Å². The molecule has 1 saturated carbocycles. The number of nitrogens with one attached hydrogen (secondary N) is 1. The van der Waals surface area contributed by atoms with E-state index in [1.165, 1.54) is 19.3 Å². The molecular weight excluding hydrogens is 178 g/mol. The van der Waals surface area contributed by atoms with Gasteiger partial charge in [-0.3, -0.25) is 4.79 Å². The van der Waals surface area contributed by atoms with Gasteiger partial charge in [-0.15, -0.1) is 0 Å². The lowest BCUT2D eigenvalue weighted by molar-refractivity contribution is -0.143. The maximum Gasteiger partial charge on any atom is 0.321 e. The van der Waals surface area contributed by atoms with Crippen molar-refractivity contribution in [3.8, 4) is 0 Å². The van der Waals surface area contributed by atoms with Gasteiger partial charge in [0.15, 0.2) is 0 Å². The number of hydrogen-bond acceptors (Lipinski definition) is 2. The van der Waals surface area contributed by atoms with Gasteiger partial charge in [0.05, 0.1) is 0 Å². The zero-order chi connectivity index (χ0) is 10.6. The molecule has 0 aromatic heterocycles. The molecule has 3 heteroatoms. The van der Waals surface area contributed by atoms with Gasteiger partial charge in [-0.2, -0.15) is 0 Å². The highest BCUT2D eigenvalue weighted by Gasteiger charge is 2.39. The van der Waals surface area contributed by atoms with Gasteiger partial charge in [0.25, 0.3) is 0 Å². The second kappa shape index (κ2) is 4.78. The first kappa shape index (κ1) is 11.5. The van der Waals surface area contributed by atoms with Gasteiger partial charge in [-0.05, 0) is 24.8 Å². The van der Waals surface area contributed by atoms with E-state index in [1.807, 2.05) is 6.92 Å². The number of aliphatic carboxylic acids is 1. The van der Waals surface area contributed by atoms with Crippen LogP contribution >= 0.6 is 0 Å². The molecule has 0 saturated heterocycles. The summed E-state index contributed by atoms with van der Waals surface area (Å²) < 4.78 is 0. The normalized spacial score (nSPS) is 23.0. The lowest BCUT2D eigenvalue weighted by atomic mass is 9.70. The van der Waals surface area contributed by atoms with Crippen LogP contribution in [0.1, 0.15) is 46.0 Å². The molecule has 0 aliphatic heterocycles. The summed E-state index contributed by atoms with van der Waals surface area (Å²) in [5.41, 5.74) is -0.0416. The van der Waals surface area contributed by atoms with Crippen molar-refractivity contribution >= 4 is 5.97 Å². The second-order valence-corrected chi connectivity index (χ2v) is 4.54. The Balaban J connectivity index is 2.68. The van der Waals surface area contributed by atoms with E-state index in [2.05, 4.69) is 12.2 Å². The van der Waals surface area contributed by atoms with Crippen molar-refractivity contribution in [2.45, 2.75) is 52.0 Å². The van der Waals surface area contributed by atoms with Crippen LogP contribution in [0.4, 0.5) is 0 Å². The number of carboxylic acid groups (broad SMARTS) is 1. The largest absolute Gasteiger partial charge is 0.480 e. The Labute approximate surface area is 85.9 Å². The number of carboxylic acids is 1. The molecule has 2 N–H and O–H groups in total. The van der Waals surface area contributed by atoms with Gasteiger partial charge in [-0.1, -0.05) is 33.1 Å². The van der Waals surface area contributed by atoms with Crippen LogP contribution in [0.3, 0.4) is 0 Å². The molecule has 0 aromatic rings. The summed E-state index contributed by atoms with van der Waals surface area (Å²) in [7, 11) is 0. The van der Waals surface area contributed by atoms with Crippen LogP contribution in [0.15, 0.2) is 0 Å². The average molecular weight is 199 g/mol. The van der Waals surface area contributed by atoms with E-state index in [-0.39, 0.29) is 11.5 Å². The zero-order valence-corrected chi connectivity index (χ0v) is 9.18. The Hall–Kier alpha value is -0.570. The molecule has 0 unspecified atom stereocenters. The maximum atomic E-state index is 11.1. The van der Waals surface area contributed by atoms with Crippen LogP contribution in [-0.4, -0.2) is 23.7 Å². The van der Waals surface area contributed by atoms with E-state index >= 15 is 0 Å². The Bertz CT molecular complexity index is 197. The van der Waals surface area contributed by atoms with Gasteiger partial charge in [-0.25, -0.2) is 0 Å². The van der Waals surface area contributed by atoms with Gasteiger partial charge < -0.3 is 10.4 Å². The van der Waals surface area contributed by atoms with Crippen molar-refractivity contribution in [1.29, 1.82) is 0 Å². The number of hydrogen-bond donors (Lipinski definition) is 2. The fourth-order valence-corrected chi connectivity index (χ4v) is 2.48. The molecule has 1 atom stereocenters. The first-order valence-corrected chi connectivity index (χ1v) is 5.56. The third-order valence-corrected chi connectivity index (χ3v) is 3.35. The molecule has 1 aliphatic rings. The molecule has 0 heterocycles. The standard InChI is InChI=1S/C11H21NO2/c1-3-12-9(10(13)14)11(2)7-5-4-6-8-11/h9,12H,3-8H2,1-2H3,(H,13,14)/t9-/m1/s1. The Morgan fingerprint density at radius 1 is 1.43 bits per heavy atom. The summed E-state index contributed by atoms with van der Waals surface area (Å²) in [5, 5.41) is 12.3. The Kier molecular flexibility index (Phi) is 3.93. The van der Waals surface area contributed by atoms with E-state index in [9.17, 15) is 4.79 Å². The van der Waals surface area contributed by atoms with Crippen LogP contribution in [0, 0.1) is 5.41 Å². The minimum Gasteiger partial charge on any atom is -0.480 e. The Morgan fingerprint density at radius 3 is 2.43 bits per heavy atom. The summed E-state index contributed by atoms with van der Waals surface area (Å²) in [6, 6.07) is -0.368. The molecule has 1 aliphatic carbocycles. The minimum atomic E-state index is -0.698. The van der Waals surface area contributed by atoms with E-state index in [0.717, 1.165) is 19.4 Å². The highest BCUT2D eigenvalue weighted by Crippen LogP contribution is 2.38. The molecule has 1 fully saturated rings. The summed E-state index contributed by atoms with van der Waals surface area (Å²) in [4.78, 5) is 11.1. The minimum absolute atomic E-state index is 0.0416. The molecule has 0 spiro atoms. The summed E-state index contributed by atoms with van der Waals surface area (Å²) >= 11 is 0. The van der Waals surface area contributed by atoms with Crippen molar-refractivity contribution in [3.63, 3.8) is 0 Å². The maximum absolute atomic E-state index is 11.1. The van der Waals surface area contributed by atoms with E-state index in [1.54, 1.807) is 0 Å². The quantitative estimate of drug-likeness (QED) is 0.728. The van der Waals surface area contributed by atoms with E-state index in [4.69, 9.17) is 5.11 Å². The fourth-order valence-electron chi connectivity index (χ4n) is 2.48. The summed E-state index contributed by atoms with van der Waals surface area (Å²) in [6.45, 7) is 4.79. The predicted octanol–water partition coefficient (Wildman–Crippen LogP) is 2.02. The Morgan fingerprint density at radius 2 is 2.00 bits per heavy atom. The van der Waals surface area contributed by atoms with Crippen LogP contribution in [0.25, 0.3) is 0 Å². The summed E-state index contributed by atoms with van der Waals surface area (Å²) in [5.74, 6) is -0.698. The molecule has 1 rings (SSSR count). The van der Waals surface area contributed by atoms with Gasteiger partial charge >= 0.3 is 5.97 Å². The number of rotatable bonds is 4.